The first-order valence-electron chi connectivity index (χ1n) is 7.16. The molecule has 116 valence electrons. The number of carbonyl (C=O) groups excluding carboxylic acids is 1. The molecular formula is C15H20ClNO3S. The Morgan fingerprint density at radius 3 is 2.62 bits per heavy atom. The second-order valence-corrected chi connectivity index (χ2v) is 8.22. The minimum atomic E-state index is -2.86. The molecule has 2 rings (SSSR count). The number of halogens is 1. The van der Waals surface area contributed by atoms with Crippen molar-refractivity contribution in [3.05, 3.63) is 34.9 Å². The third-order valence-corrected chi connectivity index (χ3v) is 5.79. The standard InChI is InChI=1S/C15H20ClNO3S/c16-14-6-4-12(5-7-14)2-1-3-15(18)17-10-13-8-9-21(19,20)11-13/h4-7,13H,1-3,8-11H2,(H,17,18). The zero-order valence-corrected chi connectivity index (χ0v) is 13.4. The van der Waals surface area contributed by atoms with Crippen LogP contribution in [0.1, 0.15) is 24.8 Å². The van der Waals surface area contributed by atoms with Crippen molar-refractivity contribution in [2.75, 3.05) is 18.1 Å². The first-order valence-corrected chi connectivity index (χ1v) is 9.36. The third-order valence-electron chi connectivity index (χ3n) is 3.70. The number of aryl methyl sites for hydroxylation is 1. The molecule has 1 aliphatic heterocycles. The highest BCUT2D eigenvalue weighted by atomic mass is 35.5. The van der Waals surface area contributed by atoms with Gasteiger partial charge in [-0.25, -0.2) is 8.42 Å². The van der Waals surface area contributed by atoms with Gasteiger partial charge in [-0.15, -0.1) is 0 Å². The fraction of sp³-hybridized carbons (Fsp3) is 0.533. The van der Waals surface area contributed by atoms with Gasteiger partial charge >= 0.3 is 0 Å². The van der Waals surface area contributed by atoms with E-state index < -0.39 is 9.84 Å². The number of amides is 1. The van der Waals surface area contributed by atoms with Gasteiger partial charge in [0.05, 0.1) is 11.5 Å². The van der Waals surface area contributed by atoms with Crippen molar-refractivity contribution in [2.45, 2.75) is 25.7 Å². The molecule has 1 unspecified atom stereocenters. The molecule has 0 spiro atoms. The maximum absolute atomic E-state index is 11.7. The molecule has 1 N–H and O–H groups in total. The summed E-state index contributed by atoms with van der Waals surface area (Å²) >= 11 is 5.81. The monoisotopic (exact) mass is 329 g/mol. The van der Waals surface area contributed by atoms with Crippen molar-refractivity contribution in [3.8, 4) is 0 Å². The van der Waals surface area contributed by atoms with Crippen molar-refractivity contribution in [1.29, 1.82) is 0 Å². The summed E-state index contributed by atoms with van der Waals surface area (Å²) in [7, 11) is -2.86. The molecule has 1 saturated heterocycles. The van der Waals surface area contributed by atoms with Crippen LogP contribution in [-0.4, -0.2) is 32.4 Å². The van der Waals surface area contributed by atoms with Crippen LogP contribution in [0, 0.1) is 5.92 Å². The lowest BCUT2D eigenvalue weighted by atomic mass is 10.1. The molecular weight excluding hydrogens is 310 g/mol. The zero-order chi connectivity index (χ0) is 15.3. The number of nitrogens with one attached hydrogen (secondary N) is 1. The molecule has 0 aliphatic carbocycles. The summed E-state index contributed by atoms with van der Waals surface area (Å²) in [6, 6.07) is 7.61. The molecule has 6 heteroatoms. The van der Waals surface area contributed by atoms with E-state index in [1.165, 1.54) is 0 Å². The molecule has 0 saturated carbocycles. The maximum atomic E-state index is 11.7. The predicted octanol–water partition coefficient (Wildman–Crippen LogP) is 2.21. The van der Waals surface area contributed by atoms with Gasteiger partial charge in [0, 0.05) is 18.0 Å². The Balaban J connectivity index is 1.63. The summed E-state index contributed by atoms with van der Waals surface area (Å²) in [5, 5.41) is 3.54. The van der Waals surface area contributed by atoms with E-state index in [0.717, 1.165) is 18.4 Å². The van der Waals surface area contributed by atoms with Crippen LogP contribution in [0.4, 0.5) is 0 Å². The maximum Gasteiger partial charge on any atom is 0.220 e. The van der Waals surface area contributed by atoms with Crippen molar-refractivity contribution < 1.29 is 13.2 Å². The Morgan fingerprint density at radius 2 is 2.00 bits per heavy atom. The number of benzene rings is 1. The normalized spacial score (nSPS) is 20.3. The van der Waals surface area contributed by atoms with Gasteiger partial charge in [0.1, 0.15) is 0 Å². The summed E-state index contributed by atoms with van der Waals surface area (Å²) < 4.78 is 22.6. The van der Waals surface area contributed by atoms with E-state index in [1.54, 1.807) is 0 Å². The fourth-order valence-electron chi connectivity index (χ4n) is 2.48. The summed E-state index contributed by atoms with van der Waals surface area (Å²) in [5.74, 6) is 0.533. The topological polar surface area (TPSA) is 63.2 Å². The number of carbonyl (C=O) groups is 1. The van der Waals surface area contributed by atoms with E-state index in [0.29, 0.717) is 24.4 Å². The van der Waals surface area contributed by atoms with Gasteiger partial charge in [-0.1, -0.05) is 23.7 Å². The van der Waals surface area contributed by atoms with E-state index in [1.807, 2.05) is 24.3 Å². The lowest BCUT2D eigenvalue weighted by Gasteiger charge is -2.09. The lowest BCUT2D eigenvalue weighted by Crippen LogP contribution is -2.29. The molecule has 1 aromatic carbocycles. The highest BCUT2D eigenvalue weighted by molar-refractivity contribution is 7.91. The Hall–Kier alpha value is -1.07. The van der Waals surface area contributed by atoms with Gasteiger partial charge in [-0.3, -0.25) is 4.79 Å². The van der Waals surface area contributed by atoms with E-state index >= 15 is 0 Å². The van der Waals surface area contributed by atoms with E-state index in [4.69, 9.17) is 11.6 Å². The highest BCUT2D eigenvalue weighted by Gasteiger charge is 2.27. The van der Waals surface area contributed by atoms with Crippen LogP contribution in [0.25, 0.3) is 0 Å². The van der Waals surface area contributed by atoms with Gasteiger partial charge in [0.15, 0.2) is 9.84 Å². The summed E-state index contributed by atoms with van der Waals surface area (Å²) in [5.41, 5.74) is 1.16. The predicted molar refractivity (Wildman–Crippen MR) is 84.2 cm³/mol. The van der Waals surface area contributed by atoms with Crippen molar-refractivity contribution in [1.82, 2.24) is 5.32 Å². The molecule has 1 amide bonds. The van der Waals surface area contributed by atoms with Gasteiger partial charge in [0.25, 0.3) is 0 Å². The number of hydrogen-bond acceptors (Lipinski definition) is 3. The molecule has 1 aromatic rings. The minimum absolute atomic E-state index is 0.00624. The van der Waals surface area contributed by atoms with Crippen molar-refractivity contribution >= 4 is 27.3 Å². The summed E-state index contributed by atoms with van der Waals surface area (Å²) in [6.45, 7) is 0.471. The molecule has 1 atom stereocenters. The minimum Gasteiger partial charge on any atom is -0.356 e. The number of rotatable bonds is 6. The highest BCUT2D eigenvalue weighted by Crippen LogP contribution is 2.17. The molecule has 4 nitrogen and oxygen atoms in total. The Morgan fingerprint density at radius 1 is 1.29 bits per heavy atom. The second-order valence-electron chi connectivity index (χ2n) is 5.55. The largest absolute Gasteiger partial charge is 0.356 e. The van der Waals surface area contributed by atoms with Gasteiger partial charge in [-0.2, -0.15) is 0 Å². The summed E-state index contributed by atoms with van der Waals surface area (Å²) in [4.78, 5) is 11.7. The van der Waals surface area contributed by atoms with Crippen molar-refractivity contribution in [3.63, 3.8) is 0 Å². The van der Waals surface area contributed by atoms with E-state index in [-0.39, 0.29) is 23.3 Å². The molecule has 1 heterocycles. The fourth-order valence-corrected chi connectivity index (χ4v) is 4.47. The van der Waals surface area contributed by atoms with Crippen LogP contribution < -0.4 is 5.32 Å². The van der Waals surface area contributed by atoms with Gasteiger partial charge in [0.2, 0.25) is 5.91 Å². The molecule has 0 bridgehead atoms. The first-order chi connectivity index (χ1) is 9.94. The van der Waals surface area contributed by atoms with Crippen LogP contribution in [-0.2, 0) is 21.1 Å². The first kappa shape index (κ1) is 16.3. The Bertz CT molecular complexity index is 583. The molecule has 0 aromatic heterocycles. The molecule has 0 radical (unpaired) electrons. The average molecular weight is 330 g/mol. The third kappa shape index (κ3) is 5.67. The van der Waals surface area contributed by atoms with Crippen LogP contribution >= 0.6 is 11.6 Å². The van der Waals surface area contributed by atoms with Crippen LogP contribution in [0.5, 0.6) is 0 Å². The molecule has 1 fully saturated rings. The average Bonchev–Trinajstić information content (AvgIpc) is 2.78. The Labute approximate surface area is 130 Å². The van der Waals surface area contributed by atoms with Crippen molar-refractivity contribution in [2.24, 2.45) is 5.92 Å². The zero-order valence-electron chi connectivity index (χ0n) is 11.8. The quantitative estimate of drug-likeness (QED) is 0.870. The second kappa shape index (κ2) is 7.27. The molecule has 1 aliphatic rings. The van der Waals surface area contributed by atoms with Crippen LogP contribution in [0.15, 0.2) is 24.3 Å². The summed E-state index contributed by atoms with van der Waals surface area (Å²) in [6.07, 6.45) is 2.73. The number of sulfone groups is 1. The van der Waals surface area contributed by atoms with E-state index in [9.17, 15) is 13.2 Å². The number of hydrogen-bond donors (Lipinski definition) is 1. The van der Waals surface area contributed by atoms with Gasteiger partial charge < -0.3 is 5.32 Å². The van der Waals surface area contributed by atoms with Crippen LogP contribution in [0.3, 0.4) is 0 Å². The van der Waals surface area contributed by atoms with Crippen LogP contribution in [0.2, 0.25) is 5.02 Å². The van der Waals surface area contributed by atoms with E-state index in [2.05, 4.69) is 5.32 Å². The Kier molecular flexibility index (Phi) is 5.65. The smallest absolute Gasteiger partial charge is 0.220 e. The molecule has 21 heavy (non-hydrogen) atoms. The van der Waals surface area contributed by atoms with Gasteiger partial charge in [-0.05, 0) is 42.9 Å². The lowest BCUT2D eigenvalue weighted by molar-refractivity contribution is -0.121. The SMILES string of the molecule is O=C(CCCc1ccc(Cl)cc1)NCC1CCS(=O)(=O)C1.